The molecule has 0 atom stereocenters. The van der Waals surface area contributed by atoms with Crippen LogP contribution in [0.1, 0.15) is 39.5 Å². The van der Waals surface area contributed by atoms with Crippen molar-refractivity contribution in [3.05, 3.63) is 0 Å². The van der Waals surface area contributed by atoms with E-state index in [4.69, 9.17) is 9.78 Å². The molecule has 68 valence electrons. The first-order valence-electron chi connectivity index (χ1n) is 4.16. The van der Waals surface area contributed by atoms with Crippen LogP contribution in [0.5, 0.6) is 0 Å². The van der Waals surface area contributed by atoms with Crippen LogP contribution in [0.2, 0.25) is 0 Å². The Morgan fingerprint density at radius 3 is 1.45 bits per heavy atom. The Kier molecular flexibility index (Phi) is 17.3. The van der Waals surface area contributed by atoms with Crippen molar-refractivity contribution in [3.63, 3.8) is 0 Å². The Bertz CT molecular complexity index is 52.1. The molecule has 0 heterocycles. The van der Waals surface area contributed by atoms with Crippen LogP contribution in [0.3, 0.4) is 0 Å². The van der Waals surface area contributed by atoms with Crippen LogP contribution >= 0.6 is 0 Å². The van der Waals surface area contributed by atoms with Crippen molar-refractivity contribution >= 4 is 23.9 Å². The first-order valence-corrected chi connectivity index (χ1v) is 4.16. The Labute approximate surface area is 86.5 Å². The molecule has 0 amide bonds. The van der Waals surface area contributed by atoms with Crippen molar-refractivity contribution in [2.45, 2.75) is 39.5 Å². The van der Waals surface area contributed by atoms with Gasteiger partial charge in [-0.1, -0.05) is 26.7 Å². The van der Waals surface area contributed by atoms with Gasteiger partial charge in [-0.25, -0.2) is 9.78 Å². The summed E-state index contributed by atoms with van der Waals surface area (Å²) in [5.74, 6) is 0. The van der Waals surface area contributed by atoms with Crippen molar-refractivity contribution in [2.24, 2.45) is 0 Å². The molecular weight excluding hydrogens is 247 g/mol. The van der Waals surface area contributed by atoms with Gasteiger partial charge >= 0.3 is 23.9 Å². The van der Waals surface area contributed by atoms with Gasteiger partial charge < -0.3 is 0 Å². The summed E-state index contributed by atoms with van der Waals surface area (Å²) < 4.78 is 0. The molecule has 0 fully saturated rings. The van der Waals surface area contributed by atoms with Crippen molar-refractivity contribution in [2.75, 3.05) is 13.2 Å². The number of hydrogen-bond acceptors (Lipinski definition) is 2. The van der Waals surface area contributed by atoms with Gasteiger partial charge in [-0.3, -0.25) is 0 Å². The summed E-state index contributed by atoms with van der Waals surface area (Å²) in [6.45, 7) is 5.74. The van der Waals surface area contributed by atoms with Gasteiger partial charge in [0.05, 0.1) is 13.2 Å². The molecule has 3 heteroatoms. The average molecular weight is 267 g/mol. The molecule has 0 rings (SSSR count). The molecule has 11 heavy (non-hydrogen) atoms. The summed E-state index contributed by atoms with van der Waals surface area (Å²) in [5, 5.41) is 0. The van der Waals surface area contributed by atoms with E-state index in [9.17, 15) is 0 Å². The van der Waals surface area contributed by atoms with Crippen LogP contribution in [0, 0.1) is 0 Å². The van der Waals surface area contributed by atoms with E-state index in [-0.39, 0.29) is 23.9 Å². The van der Waals surface area contributed by atoms with Crippen LogP contribution in [-0.4, -0.2) is 37.1 Å². The first-order chi connectivity index (χ1) is 4.91. The molecule has 0 spiro atoms. The predicted octanol–water partition coefficient (Wildman–Crippen LogP) is 1.62. The van der Waals surface area contributed by atoms with E-state index in [0.29, 0.717) is 0 Å². The maximum absolute atomic E-state index is 4.88. The molecule has 0 aromatic heterocycles. The quantitative estimate of drug-likeness (QED) is 0.302. The van der Waals surface area contributed by atoms with Crippen LogP contribution in [0.4, 0.5) is 0 Å². The standard InChI is InChI=1S/C8H18O2.Sn.2H/c1-3-5-7-9-10-8-6-4-2;;;/h3-8H2,1-2H3;;;. The number of rotatable bonds is 7. The zero-order valence-electron chi connectivity index (χ0n) is 7.77. The third-order valence-corrected chi connectivity index (χ3v) is 1.25. The van der Waals surface area contributed by atoms with Gasteiger partial charge in [-0.15, -0.1) is 0 Å². The van der Waals surface area contributed by atoms with E-state index in [0.717, 1.165) is 38.9 Å². The summed E-state index contributed by atoms with van der Waals surface area (Å²) in [5.41, 5.74) is 0. The van der Waals surface area contributed by atoms with Crippen molar-refractivity contribution in [3.8, 4) is 0 Å². The van der Waals surface area contributed by atoms with Crippen molar-refractivity contribution in [1.29, 1.82) is 0 Å². The molecule has 0 unspecified atom stereocenters. The molecule has 0 aliphatic heterocycles. The topological polar surface area (TPSA) is 18.5 Å². The van der Waals surface area contributed by atoms with E-state index in [1.165, 1.54) is 0 Å². The molecule has 2 nitrogen and oxygen atoms in total. The fraction of sp³-hybridized carbons (Fsp3) is 1.00. The monoisotopic (exact) mass is 268 g/mol. The van der Waals surface area contributed by atoms with Crippen LogP contribution in [0.25, 0.3) is 0 Å². The second-order valence-electron chi connectivity index (χ2n) is 2.35. The van der Waals surface area contributed by atoms with Crippen LogP contribution in [0.15, 0.2) is 0 Å². The molecule has 0 aromatic rings. The number of hydrogen-bond donors (Lipinski definition) is 0. The first kappa shape index (κ1) is 14.3. The number of unbranched alkanes of at least 4 members (excludes halogenated alkanes) is 2. The van der Waals surface area contributed by atoms with Crippen LogP contribution < -0.4 is 0 Å². The Balaban J connectivity index is 0. The molecule has 0 aliphatic carbocycles. The van der Waals surface area contributed by atoms with Gasteiger partial charge in [-0.05, 0) is 12.8 Å². The van der Waals surface area contributed by atoms with E-state index in [1.54, 1.807) is 0 Å². The molecule has 0 aromatic carbocycles. The fourth-order valence-electron chi connectivity index (χ4n) is 0.524. The molecule has 0 N–H and O–H groups in total. The normalized spacial score (nSPS) is 9.27. The molecule has 0 bridgehead atoms. The molecule has 0 saturated carbocycles. The summed E-state index contributed by atoms with van der Waals surface area (Å²) in [4.78, 5) is 9.75. The van der Waals surface area contributed by atoms with E-state index in [2.05, 4.69) is 13.8 Å². The summed E-state index contributed by atoms with van der Waals surface area (Å²) in [6.07, 6.45) is 4.51. The van der Waals surface area contributed by atoms with Gasteiger partial charge in [-0.2, -0.15) is 0 Å². The average Bonchev–Trinajstić information content (AvgIpc) is 1.97. The third kappa shape index (κ3) is 13.7. The minimum atomic E-state index is 0. The van der Waals surface area contributed by atoms with Crippen molar-refractivity contribution < 1.29 is 9.78 Å². The summed E-state index contributed by atoms with van der Waals surface area (Å²) >= 11 is 0. The van der Waals surface area contributed by atoms with Gasteiger partial charge in [0.1, 0.15) is 0 Å². The predicted molar refractivity (Wildman–Crippen MR) is 50.3 cm³/mol. The molecule has 0 saturated heterocycles. The molecule has 2 radical (unpaired) electrons. The molecule has 0 aliphatic rings. The SMILES string of the molecule is CCCCOOCCCC.[SnH2]. The van der Waals surface area contributed by atoms with E-state index >= 15 is 0 Å². The maximum atomic E-state index is 4.88. The van der Waals surface area contributed by atoms with Crippen LogP contribution in [-0.2, 0) is 9.78 Å². The fourth-order valence-corrected chi connectivity index (χ4v) is 0.524. The second kappa shape index (κ2) is 13.3. The second-order valence-corrected chi connectivity index (χ2v) is 2.35. The Hall–Kier alpha value is 0.719. The Morgan fingerprint density at radius 1 is 0.818 bits per heavy atom. The van der Waals surface area contributed by atoms with Gasteiger partial charge in [0, 0.05) is 0 Å². The molecular formula is C8H20O2Sn. The zero-order valence-corrected chi connectivity index (χ0v) is 11.8. The van der Waals surface area contributed by atoms with Gasteiger partial charge in [0.25, 0.3) is 0 Å². The summed E-state index contributed by atoms with van der Waals surface area (Å²) in [6, 6.07) is 0. The minimum absolute atomic E-state index is 0. The van der Waals surface area contributed by atoms with Gasteiger partial charge in [0.15, 0.2) is 0 Å². The van der Waals surface area contributed by atoms with E-state index < -0.39 is 0 Å². The third-order valence-electron chi connectivity index (χ3n) is 1.25. The van der Waals surface area contributed by atoms with Crippen molar-refractivity contribution in [1.82, 2.24) is 0 Å². The zero-order chi connectivity index (χ0) is 7.66. The summed E-state index contributed by atoms with van der Waals surface area (Å²) in [7, 11) is 0. The Morgan fingerprint density at radius 2 is 1.18 bits per heavy atom. The van der Waals surface area contributed by atoms with E-state index in [1.807, 2.05) is 0 Å². The van der Waals surface area contributed by atoms with Gasteiger partial charge in [0.2, 0.25) is 0 Å².